The number of hydrogen-bond acceptors (Lipinski definition) is 3. The molecule has 20 heavy (non-hydrogen) atoms. The van der Waals surface area contributed by atoms with Gasteiger partial charge in [-0.05, 0) is 39.0 Å². The van der Waals surface area contributed by atoms with Crippen LogP contribution in [0.25, 0.3) is 0 Å². The van der Waals surface area contributed by atoms with E-state index in [0.717, 1.165) is 12.8 Å². The lowest BCUT2D eigenvalue weighted by atomic mass is 9.79. The molecule has 3 rings (SSSR count). The molecule has 1 saturated heterocycles. The monoisotopic (exact) mass is 282 g/mol. The number of alkyl halides is 1. The van der Waals surface area contributed by atoms with Gasteiger partial charge in [-0.25, -0.2) is 9.18 Å². The van der Waals surface area contributed by atoms with Crippen LogP contribution in [0.3, 0.4) is 0 Å². The summed E-state index contributed by atoms with van der Waals surface area (Å²) < 4.78 is 14.2. The van der Waals surface area contributed by atoms with Gasteiger partial charge in [0, 0.05) is 12.1 Å². The Labute approximate surface area is 117 Å². The lowest BCUT2D eigenvalue weighted by Crippen LogP contribution is -2.65. The second kappa shape index (κ2) is 4.82. The van der Waals surface area contributed by atoms with Gasteiger partial charge in [0.05, 0.1) is 12.5 Å². The molecule has 3 atom stereocenters. The summed E-state index contributed by atoms with van der Waals surface area (Å²) in [4.78, 5) is 39.0. The van der Waals surface area contributed by atoms with Crippen molar-refractivity contribution in [1.82, 2.24) is 9.80 Å². The first-order chi connectivity index (χ1) is 9.50. The number of fused-ring (bicyclic) bond motifs is 1. The Bertz CT molecular complexity index is 463. The third-order valence-electron chi connectivity index (χ3n) is 4.46. The average molecular weight is 282 g/mol. The van der Waals surface area contributed by atoms with E-state index in [9.17, 15) is 18.8 Å². The van der Waals surface area contributed by atoms with Gasteiger partial charge in [-0.1, -0.05) is 0 Å². The Morgan fingerprint density at radius 1 is 1.25 bits per heavy atom. The van der Waals surface area contributed by atoms with Gasteiger partial charge in [0.15, 0.2) is 0 Å². The molecule has 0 bridgehead atoms. The van der Waals surface area contributed by atoms with Gasteiger partial charge in [-0.15, -0.1) is 0 Å². The van der Waals surface area contributed by atoms with Crippen LogP contribution in [0.2, 0.25) is 0 Å². The molecule has 2 aliphatic carbocycles. The predicted molar refractivity (Wildman–Crippen MR) is 68.7 cm³/mol. The predicted octanol–water partition coefficient (Wildman–Crippen LogP) is 1.51. The van der Waals surface area contributed by atoms with Gasteiger partial charge in [0.25, 0.3) is 0 Å². The molecule has 0 aromatic rings. The first kappa shape index (κ1) is 13.5. The third kappa shape index (κ3) is 2.11. The number of rotatable bonds is 3. The zero-order valence-corrected chi connectivity index (χ0v) is 11.5. The number of halogens is 1. The van der Waals surface area contributed by atoms with E-state index >= 15 is 0 Å². The number of carbonyl (C=O) groups excluding carboxylic acids is 3. The maximum absolute atomic E-state index is 14.2. The molecule has 3 aliphatic rings. The van der Waals surface area contributed by atoms with Gasteiger partial charge < -0.3 is 4.90 Å². The zero-order chi connectivity index (χ0) is 14.4. The highest BCUT2D eigenvalue weighted by molar-refractivity contribution is 6.01. The highest BCUT2D eigenvalue weighted by Gasteiger charge is 2.54. The fourth-order valence-electron chi connectivity index (χ4n) is 3.42. The second-order valence-corrected chi connectivity index (χ2v) is 6.09. The van der Waals surface area contributed by atoms with E-state index < -0.39 is 24.2 Å². The van der Waals surface area contributed by atoms with Crippen molar-refractivity contribution in [2.75, 3.05) is 6.54 Å². The van der Waals surface area contributed by atoms with Gasteiger partial charge in [-0.2, -0.15) is 0 Å². The van der Waals surface area contributed by atoms with Crippen molar-refractivity contribution in [3.63, 3.8) is 0 Å². The highest BCUT2D eigenvalue weighted by Crippen LogP contribution is 2.40. The molecule has 6 heteroatoms. The van der Waals surface area contributed by atoms with Crippen molar-refractivity contribution in [3.05, 3.63) is 0 Å². The van der Waals surface area contributed by atoms with Crippen LogP contribution in [0, 0.1) is 5.92 Å². The summed E-state index contributed by atoms with van der Waals surface area (Å²) in [6, 6.07) is -0.930. The smallest absolute Gasteiger partial charge is 0.313 e. The van der Waals surface area contributed by atoms with Crippen LogP contribution in [0.1, 0.15) is 39.0 Å². The molecule has 110 valence electrons. The molecule has 0 radical (unpaired) electrons. The molecule has 0 aromatic carbocycles. The first-order valence-electron chi connectivity index (χ1n) is 7.28. The number of ketones is 1. The normalized spacial score (nSPS) is 34.2. The maximum atomic E-state index is 14.2. The van der Waals surface area contributed by atoms with Crippen LogP contribution < -0.4 is 0 Å². The van der Waals surface area contributed by atoms with Crippen LogP contribution in [0.5, 0.6) is 0 Å². The number of urea groups is 1. The van der Waals surface area contributed by atoms with Crippen LogP contribution in [0.15, 0.2) is 0 Å². The second-order valence-electron chi connectivity index (χ2n) is 6.09. The van der Waals surface area contributed by atoms with Crippen molar-refractivity contribution >= 4 is 17.7 Å². The van der Waals surface area contributed by atoms with E-state index in [2.05, 4.69) is 0 Å². The standard InChI is InChI=1S/C14H19FN2O3/c1-8(18)7-16-11-4-2-3-10(15)12(11)13(19)17(14(16)20)9-5-6-9/h9-12H,2-7H2,1H3. The third-order valence-corrected chi connectivity index (χ3v) is 4.46. The van der Waals surface area contributed by atoms with Gasteiger partial charge in [-0.3, -0.25) is 14.5 Å². The SMILES string of the molecule is CC(=O)CN1C(=O)N(C2CC2)C(=O)C2C(F)CCCC21. The first-order valence-corrected chi connectivity index (χ1v) is 7.28. The van der Waals surface area contributed by atoms with Crippen molar-refractivity contribution in [2.24, 2.45) is 5.92 Å². The van der Waals surface area contributed by atoms with Crippen LogP contribution >= 0.6 is 0 Å². The fraction of sp³-hybridized carbons (Fsp3) is 0.786. The summed E-state index contributed by atoms with van der Waals surface area (Å²) in [5.41, 5.74) is 0. The van der Waals surface area contributed by atoms with E-state index in [1.807, 2.05) is 0 Å². The van der Waals surface area contributed by atoms with Crippen molar-refractivity contribution < 1.29 is 18.8 Å². The van der Waals surface area contributed by atoms with E-state index in [1.165, 1.54) is 16.7 Å². The Kier molecular flexibility index (Phi) is 3.26. The van der Waals surface area contributed by atoms with E-state index in [0.29, 0.717) is 19.3 Å². The molecular weight excluding hydrogens is 263 g/mol. The number of carbonyl (C=O) groups is 3. The minimum atomic E-state index is -1.20. The van der Waals surface area contributed by atoms with Gasteiger partial charge in [0.1, 0.15) is 12.0 Å². The highest BCUT2D eigenvalue weighted by atomic mass is 19.1. The molecule has 0 aromatic heterocycles. The van der Waals surface area contributed by atoms with Crippen molar-refractivity contribution in [2.45, 2.75) is 57.3 Å². The van der Waals surface area contributed by atoms with Gasteiger partial charge >= 0.3 is 6.03 Å². The quantitative estimate of drug-likeness (QED) is 0.788. The summed E-state index contributed by atoms with van der Waals surface area (Å²) >= 11 is 0. The van der Waals surface area contributed by atoms with Crippen LogP contribution in [-0.2, 0) is 9.59 Å². The lowest BCUT2D eigenvalue weighted by molar-refractivity contribution is -0.146. The van der Waals surface area contributed by atoms with E-state index in [-0.39, 0.29) is 24.3 Å². The molecule has 0 N–H and O–H groups in total. The minimum Gasteiger partial charge on any atom is -0.313 e. The fourth-order valence-corrected chi connectivity index (χ4v) is 3.42. The average Bonchev–Trinajstić information content (AvgIpc) is 3.18. The lowest BCUT2D eigenvalue weighted by Gasteiger charge is -2.47. The summed E-state index contributed by atoms with van der Waals surface area (Å²) in [6.45, 7) is 1.39. The Hall–Kier alpha value is -1.46. The largest absolute Gasteiger partial charge is 0.327 e. The number of amides is 3. The van der Waals surface area contributed by atoms with E-state index in [4.69, 9.17) is 0 Å². The summed E-state index contributed by atoms with van der Waals surface area (Å²) in [7, 11) is 0. The topological polar surface area (TPSA) is 57.7 Å². The molecule has 5 nitrogen and oxygen atoms in total. The molecule has 3 fully saturated rings. The van der Waals surface area contributed by atoms with Crippen molar-refractivity contribution in [1.29, 1.82) is 0 Å². The Morgan fingerprint density at radius 3 is 2.55 bits per heavy atom. The molecule has 3 amide bonds. The zero-order valence-electron chi connectivity index (χ0n) is 11.5. The van der Waals surface area contributed by atoms with E-state index in [1.54, 1.807) is 0 Å². The molecular formula is C14H19FN2O3. The maximum Gasteiger partial charge on any atom is 0.327 e. The summed E-state index contributed by atoms with van der Waals surface area (Å²) in [6.07, 6.45) is 2.01. The van der Waals surface area contributed by atoms with Crippen LogP contribution in [-0.4, -0.2) is 52.3 Å². The van der Waals surface area contributed by atoms with Crippen molar-refractivity contribution in [3.8, 4) is 0 Å². The Balaban J connectivity index is 1.93. The van der Waals surface area contributed by atoms with Gasteiger partial charge in [0.2, 0.25) is 5.91 Å². The number of Topliss-reactive ketones (excluding diaryl/α,β-unsaturated/α-hetero) is 1. The number of nitrogens with zero attached hydrogens (tertiary/aromatic N) is 2. The summed E-state index contributed by atoms with van der Waals surface area (Å²) in [5.74, 6) is -1.28. The van der Waals surface area contributed by atoms with Crippen LogP contribution in [0.4, 0.5) is 9.18 Å². The number of hydrogen-bond donors (Lipinski definition) is 0. The molecule has 2 saturated carbocycles. The molecule has 3 unspecified atom stereocenters. The molecule has 1 aliphatic heterocycles. The summed E-state index contributed by atoms with van der Waals surface area (Å²) in [5, 5.41) is 0. The Morgan fingerprint density at radius 2 is 1.95 bits per heavy atom. The number of imide groups is 1. The molecule has 0 spiro atoms. The molecule has 1 heterocycles. The minimum absolute atomic E-state index is 0.0246.